The fraction of sp³-hybridized carbons (Fsp3) is 0.333. The van der Waals surface area contributed by atoms with Gasteiger partial charge < -0.3 is 0 Å². The third-order valence-corrected chi connectivity index (χ3v) is 6.67. The molecule has 0 radical (unpaired) electrons. The monoisotopic (exact) mass is 410 g/mol. The first-order valence-electron chi connectivity index (χ1n) is 11.6. The number of aryl methyl sites for hydroxylation is 1. The van der Waals surface area contributed by atoms with Crippen molar-refractivity contribution in [3.8, 4) is 11.8 Å². The lowest BCUT2D eigenvalue weighted by atomic mass is 9.79. The van der Waals surface area contributed by atoms with Gasteiger partial charge in [-0.15, -0.1) is 6.58 Å². The zero-order valence-electron chi connectivity index (χ0n) is 18.5. The molecule has 158 valence electrons. The fourth-order valence-electron chi connectivity index (χ4n) is 4.64. The summed E-state index contributed by atoms with van der Waals surface area (Å²) in [4.78, 5) is 0. The lowest BCUT2D eigenvalue weighted by Gasteiger charge is -2.26. The first-order chi connectivity index (χ1) is 15.2. The maximum atomic E-state index is 15.0. The van der Waals surface area contributed by atoms with Gasteiger partial charge in [0.2, 0.25) is 0 Å². The average molecular weight is 411 g/mol. The number of rotatable bonds is 5. The van der Waals surface area contributed by atoms with Crippen LogP contribution in [0, 0.1) is 23.6 Å². The Morgan fingerprint density at radius 2 is 1.74 bits per heavy atom. The molecule has 1 saturated carbocycles. The molecular formula is C30H31F. The van der Waals surface area contributed by atoms with Crippen LogP contribution < -0.4 is 0 Å². The number of allylic oxidation sites excluding steroid dienone is 1. The van der Waals surface area contributed by atoms with Crippen LogP contribution in [0.3, 0.4) is 0 Å². The molecule has 31 heavy (non-hydrogen) atoms. The van der Waals surface area contributed by atoms with Gasteiger partial charge in [-0.05, 0) is 85.1 Å². The van der Waals surface area contributed by atoms with Crippen molar-refractivity contribution >= 4 is 10.8 Å². The van der Waals surface area contributed by atoms with Crippen molar-refractivity contribution in [3.63, 3.8) is 0 Å². The van der Waals surface area contributed by atoms with Crippen molar-refractivity contribution in [3.05, 3.63) is 95.3 Å². The van der Waals surface area contributed by atoms with Gasteiger partial charge in [-0.25, -0.2) is 4.39 Å². The molecule has 0 aliphatic heterocycles. The molecule has 0 saturated heterocycles. The van der Waals surface area contributed by atoms with Crippen LogP contribution in [-0.4, -0.2) is 0 Å². The molecule has 0 nitrogen and oxygen atoms in total. The summed E-state index contributed by atoms with van der Waals surface area (Å²) in [6.07, 6.45) is 10.4. The Hall–Kier alpha value is -2.85. The van der Waals surface area contributed by atoms with Crippen LogP contribution in [0.15, 0.2) is 67.3 Å². The van der Waals surface area contributed by atoms with E-state index in [1.807, 2.05) is 18.2 Å². The largest absolute Gasteiger partial charge is 0.205 e. The van der Waals surface area contributed by atoms with Gasteiger partial charge in [-0.1, -0.05) is 67.7 Å². The summed E-state index contributed by atoms with van der Waals surface area (Å²) in [5.74, 6) is 7.29. The van der Waals surface area contributed by atoms with Crippen molar-refractivity contribution in [1.82, 2.24) is 0 Å². The first-order valence-corrected chi connectivity index (χ1v) is 11.6. The Morgan fingerprint density at radius 1 is 0.968 bits per heavy atom. The highest BCUT2D eigenvalue weighted by Gasteiger charge is 2.20. The molecule has 0 N–H and O–H groups in total. The molecule has 0 bridgehead atoms. The number of unbranched alkanes of at least 4 members (excludes halogenated alkanes) is 1. The van der Waals surface area contributed by atoms with Crippen molar-refractivity contribution in [2.45, 2.75) is 57.8 Å². The van der Waals surface area contributed by atoms with E-state index in [0.29, 0.717) is 22.8 Å². The van der Waals surface area contributed by atoms with E-state index in [0.717, 1.165) is 23.8 Å². The predicted molar refractivity (Wildman–Crippen MR) is 130 cm³/mol. The summed E-state index contributed by atoms with van der Waals surface area (Å²) < 4.78 is 15.0. The van der Waals surface area contributed by atoms with Crippen LogP contribution in [0.5, 0.6) is 0 Å². The molecule has 0 spiro atoms. The van der Waals surface area contributed by atoms with E-state index in [4.69, 9.17) is 0 Å². The zero-order valence-corrected chi connectivity index (χ0v) is 18.5. The van der Waals surface area contributed by atoms with E-state index in [2.05, 4.69) is 61.8 Å². The van der Waals surface area contributed by atoms with Crippen LogP contribution in [-0.2, 0) is 6.42 Å². The molecule has 1 aliphatic rings. The normalized spacial score (nSPS) is 18.4. The van der Waals surface area contributed by atoms with Crippen LogP contribution in [0.1, 0.15) is 73.6 Å². The van der Waals surface area contributed by atoms with E-state index in [1.54, 1.807) is 6.07 Å². The first kappa shape index (κ1) is 21.4. The van der Waals surface area contributed by atoms with E-state index in [-0.39, 0.29) is 5.82 Å². The molecule has 0 unspecified atom stereocenters. The van der Waals surface area contributed by atoms with Gasteiger partial charge in [-0.2, -0.15) is 0 Å². The van der Waals surface area contributed by atoms with Crippen molar-refractivity contribution in [2.75, 3.05) is 0 Å². The summed E-state index contributed by atoms with van der Waals surface area (Å²) in [5, 5.41) is 1.60. The molecule has 0 heterocycles. The molecular weight excluding hydrogens is 379 g/mol. The summed E-state index contributed by atoms with van der Waals surface area (Å²) in [5.41, 5.74) is 4.05. The lowest BCUT2D eigenvalue weighted by molar-refractivity contribution is 0.376. The second-order valence-corrected chi connectivity index (χ2v) is 8.81. The number of benzene rings is 3. The van der Waals surface area contributed by atoms with E-state index < -0.39 is 0 Å². The average Bonchev–Trinajstić information content (AvgIpc) is 2.82. The molecule has 0 amide bonds. The summed E-state index contributed by atoms with van der Waals surface area (Å²) in [6, 6.07) is 18.4. The van der Waals surface area contributed by atoms with Gasteiger partial charge in [-0.3, -0.25) is 0 Å². The highest BCUT2D eigenvalue weighted by atomic mass is 19.1. The Labute approximate surface area is 186 Å². The lowest BCUT2D eigenvalue weighted by Crippen LogP contribution is -2.11. The van der Waals surface area contributed by atoms with Gasteiger partial charge in [0.25, 0.3) is 0 Å². The van der Waals surface area contributed by atoms with Crippen molar-refractivity contribution in [2.24, 2.45) is 5.92 Å². The predicted octanol–water partition coefficient (Wildman–Crippen LogP) is 8.18. The van der Waals surface area contributed by atoms with Gasteiger partial charge in [0.15, 0.2) is 0 Å². The molecule has 1 fully saturated rings. The van der Waals surface area contributed by atoms with Crippen LogP contribution in [0.2, 0.25) is 0 Å². The number of hydrogen-bond donors (Lipinski definition) is 0. The van der Waals surface area contributed by atoms with Crippen molar-refractivity contribution < 1.29 is 4.39 Å². The van der Waals surface area contributed by atoms with Gasteiger partial charge >= 0.3 is 0 Å². The minimum absolute atomic E-state index is 0.220. The van der Waals surface area contributed by atoms with Crippen molar-refractivity contribution in [1.29, 1.82) is 0 Å². The SMILES string of the molecule is C=CC1CCC(c2ccc(C#Cc3ccc4cc(CCCC)ccc4c3F)cc2)CC1. The zero-order chi connectivity index (χ0) is 21.6. The van der Waals surface area contributed by atoms with Gasteiger partial charge in [0.1, 0.15) is 5.82 Å². The van der Waals surface area contributed by atoms with E-state index in [9.17, 15) is 0 Å². The molecule has 0 aromatic heterocycles. The molecule has 0 atom stereocenters. The van der Waals surface area contributed by atoms with E-state index in [1.165, 1.54) is 43.2 Å². The quantitative estimate of drug-likeness (QED) is 0.294. The Kier molecular flexibility index (Phi) is 6.88. The number of fused-ring (bicyclic) bond motifs is 1. The number of hydrogen-bond acceptors (Lipinski definition) is 0. The van der Waals surface area contributed by atoms with Gasteiger partial charge in [0, 0.05) is 10.9 Å². The highest BCUT2D eigenvalue weighted by Crippen LogP contribution is 2.36. The third-order valence-electron chi connectivity index (χ3n) is 6.67. The maximum absolute atomic E-state index is 15.0. The molecule has 4 rings (SSSR count). The molecule has 1 aliphatic carbocycles. The minimum Gasteiger partial charge on any atom is -0.205 e. The Morgan fingerprint density at radius 3 is 2.45 bits per heavy atom. The highest BCUT2D eigenvalue weighted by molar-refractivity contribution is 5.85. The molecule has 1 heteroatoms. The standard InChI is InChI=1S/C30H31F/c1-3-5-6-24-12-20-29-28(21-24)19-18-27(30(29)31)17-11-23-9-15-26(16-10-23)25-13-7-22(4-2)8-14-25/h4,9-10,12,15-16,18-22,25H,2-3,5-8,13-14H2,1H3. The number of halogens is 1. The summed E-state index contributed by atoms with van der Waals surface area (Å²) in [6.45, 7) is 6.12. The second-order valence-electron chi connectivity index (χ2n) is 8.81. The summed E-state index contributed by atoms with van der Waals surface area (Å²) >= 11 is 0. The van der Waals surface area contributed by atoms with Crippen LogP contribution >= 0.6 is 0 Å². The smallest absolute Gasteiger partial charge is 0.146 e. The van der Waals surface area contributed by atoms with E-state index >= 15 is 4.39 Å². The Balaban J connectivity index is 1.49. The van der Waals surface area contributed by atoms with Crippen LogP contribution in [0.4, 0.5) is 4.39 Å². The maximum Gasteiger partial charge on any atom is 0.146 e. The second kappa shape index (κ2) is 9.97. The topological polar surface area (TPSA) is 0 Å². The Bertz CT molecular complexity index is 1100. The molecule has 3 aromatic rings. The minimum atomic E-state index is -0.220. The third kappa shape index (κ3) is 5.08. The molecule has 3 aromatic carbocycles. The summed E-state index contributed by atoms with van der Waals surface area (Å²) in [7, 11) is 0. The van der Waals surface area contributed by atoms with Crippen LogP contribution in [0.25, 0.3) is 10.8 Å². The van der Waals surface area contributed by atoms with Gasteiger partial charge in [0.05, 0.1) is 5.56 Å². The fourth-order valence-corrected chi connectivity index (χ4v) is 4.64.